The third-order valence-electron chi connectivity index (χ3n) is 7.14. The summed E-state index contributed by atoms with van der Waals surface area (Å²) >= 11 is 0. The molecule has 218 valence electrons. The monoisotopic (exact) mass is 580 g/mol. The van der Waals surface area contributed by atoms with Crippen LogP contribution in [0.4, 0.5) is 5.82 Å². The first kappa shape index (κ1) is 30.0. The van der Waals surface area contributed by atoms with Gasteiger partial charge in [-0.05, 0) is 56.4 Å². The standard InChI is InChI=1S/C30H36N4O6S/c1-5-6-13-27-31-17-10-9-14-28(35)34(27)19-22-15-16-23(25(18-22)30(36)39-4)24-11-7-8-12-26(24)41(37,38)33-29-20(2)21(3)40-32-29/h7-8,11-12,15-16,18H,5-6,9-10,13-14,17,19H2,1-4H3,(H,32,33)/b31-27-. The highest BCUT2D eigenvalue weighted by Gasteiger charge is 2.26. The predicted octanol–water partition coefficient (Wildman–Crippen LogP) is 5.65. The Morgan fingerprint density at radius 1 is 1.12 bits per heavy atom. The number of aryl methyl sites for hydroxylation is 1. The number of aliphatic imine (C=N–C) groups is 1. The number of rotatable bonds is 10. The number of sulfonamides is 1. The predicted molar refractivity (Wildman–Crippen MR) is 156 cm³/mol. The Bertz CT molecular complexity index is 1560. The van der Waals surface area contributed by atoms with Gasteiger partial charge in [0.2, 0.25) is 5.91 Å². The van der Waals surface area contributed by atoms with Crippen LogP contribution in [0.2, 0.25) is 0 Å². The van der Waals surface area contributed by atoms with Crippen molar-refractivity contribution in [1.82, 2.24) is 10.1 Å². The molecular formula is C30H36N4O6S. The summed E-state index contributed by atoms with van der Waals surface area (Å²) in [5, 5.41) is 3.82. The minimum atomic E-state index is -4.11. The molecule has 1 aromatic heterocycles. The van der Waals surface area contributed by atoms with E-state index in [-0.39, 0.29) is 28.7 Å². The third-order valence-corrected chi connectivity index (χ3v) is 8.54. The van der Waals surface area contributed by atoms with Crippen molar-refractivity contribution in [2.45, 2.75) is 70.7 Å². The minimum absolute atomic E-state index is 0.00384. The maximum atomic E-state index is 13.5. The molecule has 1 aliphatic rings. The number of anilines is 1. The smallest absolute Gasteiger partial charge is 0.338 e. The summed E-state index contributed by atoms with van der Waals surface area (Å²) in [6.07, 6.45) is 4.70. The second kappa shape index (κ2) is 13.1. The van der Waals surface area contributed by atoms with Gasteiger partial charge in [0.25, 0.3) is 10.0 Å². The van der Waals surface area contributed by atoms with E-state index >= 15 is 0 Å². The Balaban J connectivity index is 1.74. The molecular weight excluding hydrogens is 544 g/mol. The van der Waals surface area contributed by atoms with E-state index in [9.17, 15) is 18.0 Å². The number of amides is 1. The van der Waals surface area contributed by atoms with E-state index < -0.39 is 16.0 Å². The van der Waals surface area contributed by atoms with Crippen LogP contribution >= 0.6 is 0 Å². The number of amidine groups is 1. The number of benzene rings is 2. The number of unbranched alkanes of at least 4 members (excludes halogenated alkanes) is 1. The molecule has 2 heterocycles. The van der Waals surface area contributed by atoms with Crippen molar-refractivity contribution in [3.63, 3.8) is 0 Å². The van der Waals surface area contributed by atoms with E-state index in [0.717, 1.165) is 31.5 Å². The molecule has 0 radical (unpaired) electrons. The Kier molecular flexibility index (Phi) is 9.59. The lowest BCUT2D eigenvalue weighted by Gasteiger charge is -2.27. The van der Waals surface area contributed by atoms with Crippen LogP contribution in [0.5, 0.6) is 0 Å². The molecule has 0 saturated carbocycles. The van der Waals surface area contributed by atoms with E-state index in [1.807, 2.05) is 0 Å². The number of methoxy groups -OCH3 is 1. The number of carbonyl (C=O) groups excluding carboxylic acids is 2. The molecule has 0 fully saturated rings. The van der Waals surface area contributed by atoms with Gasteiger partial charge in [-0.25, -0.2) is 13.2 Å². The Hall–Kier alpha value is -3.99. The Morgan fingerprint density at radius 3 is 2.61 bits per heavy atom. The first-order chi connectivity index (χ1) is 19.7. The highest BCUT2D eigenvalue weighted by Crippen LogP contribution is 2.33. The van der Waals surface area contributed by atoms with Crippen molar-refractivity contribution in [3.8, 4) is 11.1 Å². The molecule has 2 aromatic carbocycles. The normalized spacial score (nSPS) is 15.6. The molecule has 1 N–H and O–H groups in total. The van der Waals surface area contributed by atoms with Gasteiger partial charge in [0.1, 0.15) is 11.6 Å². The lowest BCUT2D eigenvalue weighted by atomic mass is 9.97. The lowest BCUT2D eigenvalue weighted by molar-refractivity contribution is -0.128. The minimum Gasteiger partial charge on any atom is -0.465 e. The second-order valence-electron chi connectivity index (χ2n) is 10.0. The van der Waals surface area contributed by atoms with Crippen LogP contribution in [0.1, 0.15) is 72.7 Å². The van der Waals surface area contributed by atoms with Gasteiger partial charge >= 0.3 is 5.97 Å². The van der Waals surface area contributed by atoms with E-state index in [1.54, 1.807) is 55.1 Å². The molecule has 0 aliphatic carbocycles. The summed E-state index contributed by atoms with van der Waals surface area (Å²) in [7, 11) is -2.83. The topological polar surface area (TPSA) is 131 Å². The highest BCUT2D eigenvalue weighted by atomic mass is 32.2. The lowest BCUT2D eigenvalue weighted by Crippen LogP contribution is -2.37. The van der Waals surface area contributed by atoms with Gasteiger partial charge in [0.05, 0.1) is 24.1 Å². The number of hydrogen-bond donors (Lipinski definition) is 1. The van der Waals surface area contributed by atoms with Crippen LogP contribution in [0.3, 0.4) is 0 Å². The van der Waals surface area contributed by atoms with Crippen molar-refractivity contribution in [3.05, 3.63) is 64.9 Å². The van der Waals surface area contributed by atoms with Gasteiger partial charge in [-0.15, -0.1) is 0 Å². The summed E-state index contributed by atoms with van der Waals surface area (Å²) in [5.74, 6) is 0.745. The van der Waals surface area contributed by atoms with Crippen LogP contribution in [-0.2, 0) is 26.1 Å². The number of nitrogens with zero attached hydrogens (tertiary/aromatic N) is 3. The Morgan fingerprint density at radius 2 is 1.90 bits per heavy atom. The Labute approximate surface area is 240 Å². The fourth-order valence-corrected chi connectivity index (χ4v) is 5.97. The third kappa shape index (κ3) is 6.84. The van der Waals surface area contributed by atoms with Gasteiger partial charge < -0.3 is 9.26 Å². The van der Waals surface area contributed by atoms with Crippen molar-refractivity contribution in [2.24, 2.45) is 4.99 Å². The number of hydrogen-bond acceptors (Lipinski definition) is 8. The number of carbonyl (C=O) groups is 2. The van der Waals surface area contributed by atoms with Crippen LogP contribution in [0.25, 0.3) is 11.1 Å². The van der Waals surface area contributed by atoms with Gasteiger partial charge in [0, 0.05) is 30.5 Å². The summed E-state index contributed by atoms with van der Waals surface area (Å²) in [4.78, 5) is 32.5. The number of aromatic nitrogens is 1. The maximum Gasteiger partial charge on any atom is 0.338 e. The number of esters is 1. The van der Waals surface area contributed by atoms with Crippen molar-refractivity contribution < 1.29 is 27.3 Å². The van der Waals surface area contributed by atoms with Crippen molar-refractivity contribution in [1.29, 1.82) is 0 Å². The van der Waals surface area contributed by atoms with E-state index in [2.05, 4.69) is 16.8 Å². The average molecular weight is 581 g/mol. The van der Waals surface area contributed by atoms with Gasteiger partial charge in [0.15, 0.2) is 5.82 Å². The molecule has 10 nitrogen and oxygen atoms in total. The van der Waals surface area contributed by atoms with Crippen molar-refractivity contribution >= 4 is 33.6 Å². The zero-order chi connectivity index (χ0) is 29.6. The zero-order valence-electron chi connectivity index (χ0n) is 23.9. The molecule has 1 amide bonds. The zero-order valence-corrected chi connectivity index (χ0v) is 24.7. The highest BCUT2D eigenvalue weighted by molar-refractivity contribution is 7.92. The first-order valence-corrected chi connectivity index (χ1v) is 15.2. The fraction of sp³-hybridized carbons (Fsp3) is 0.400. The molecule has 11 heteroatoms. The van der Waals surface area contributed by atoms with E-state index in [1.165, 1.54) is 13.2 Å². The largest absolute Gasteiger partial charge is 0.465 e. The van der Waals surface area contributed by atoms with E-state index in [4.69, 9.17) is 14.3 Å². The molecule has 0 bridgehead atoms. The molecule has 0 atom stereocenters. The quantitative estimate of drug-likeness (QED) is 0.307. The maximum absolute atomic E-state index is 13.5. The second-order valence-corrected chi connectivity index (χ2v) is 11.7. The fourth-order valence-electron chi connectivity index (χ4n) is 4.69. The average Bonchev–Trinajstić information content (AvgIpc) is 3.27. The van der Waals surface area contributed by atoms with Crippen LogP contribution in [0.15, 0.2) is 56.9 Å². The summed E-state index contributed by atoms with van der Waals surface area (Å²) in [6.45, 7) is 6.43. The molecule has 41 heavy (non-hydrogen) atoms. The summed E-state index contributed by atoms with van der Waals surface area (Å²) in [5.41, 5.74) is 2.17. The number of nitrogens with one attached hydrogen (secondary N) is 1. The molecule has 0 unspecified atom stereocenters. The molecule has 0 spiro atoms. The van der Waals surface area contributed by atoms with E-state index in [0.29, 0.717) is 47.4 Å². The molecule has 1 aliphatic heterocycles. The summed E-state index contributed by atoms with van der Waals surface area (Å²) in [6, 6.07) is 11.6. The van der Waals surface area contributed by atoms with Crippen LogP contribution in [-0.4, -0.2) is 49.8 Å². The molecule has 3 aromatic rings. The van der Waals surface area contributed by atoms with Crippen molar-refractivity contribution in [2.75, 3.05) is 18.4 Å². The van der Waals surface area contributed by atoms with Crippen LogP contribution in [0, 0.1) is 13.8 Å². The van der Waals surface area contributed by atoms with Crippen LogP contribution < -0.4 is 4.72 Å². The SMILES string of the molecule is CCCC/C1=N/CCCCC(=O)N1Cc1ccc(-c2ccccc2S(=O)(=O)Nc2noc(C)c2C)c(C(=O)OC)c1. The number of ether oxygens (including phenoxy) is 1. The van der Waals surface area contributed by atoms with Gasteiger partial charge in [-0.1, -0.05) is 48.8 Å². The molecule has 4 rings (SSSR count). The van der Waals surface area contributed by atoms with Gasteiger partial charge in [-0.3, -0.25) is 19.4 Å². The first-order valence-electron chi connectivity index (χ1n) is 13.8. The molecule has 0 saturated heterocycles. The summed E-state index contributed by atoms with van der Waals surface area (Å²) < 4.78 is 39.7. The van der Waals surface area contributed by atoms with Gasteiger partial charge in [-0.2, -0.15) is 0 Å².